The zero-order valence-corrected chi connectivity index (χ0v) is 7.35. The maximum atomic E-state index is 5.57. The van der Waals surface area contributed by atoms with Gasteiger partial charge in [0, 0.05) is 18.2 Å². The summed E-state index contributed by atoms with van der Waals surface area (Å²) in [6.45, 7) is 1.97. The number of aromatic nitrogens is 2. The van der Waals surface area contributed by atoms with Gasteiger partial charge in [-0.2, -0.15) is 5.10 Å². The summed E-state index contributed by atoms with van der Waals surface area (Å²) in [5.74, 6) is 0. The van der Waals surface area contributed by atoms with Crippen LogP contribution in [0.2, 0.25) is 0 Å². The molecule has 0 aromatic carbocycles. The molecule has 1 atom stereocenters. The van der Waals surface area contributed by atoms with Crippen LogP contribution >= 0.6 is 15.9 Å². The van der Waals surface area contributed by atoms with E-state index in [1.807, 2.05) is 13.0 Å². The molecule has 0 fully saturated rings. The van der Waals surface area contributed by atoms with E-state index in [4.69, 9.17) is 5.73 Å². The van der Waals surface area contributed by atoms with E-state index in [-0.39, 0.29) is 6.04 Å². The van der Waals surface area contributed by atoms with Crippen molar-refractivity contribution in [2.24, 2.45) is 5.73 Å². The quantitative estimate of drug-likeness (QED) is 0.756. The fourth-order valence-electron chi connectivity index (χ4n) is 0.785. The van der Waals surface area contributed by atoms with E-state index in [0.29, 0.717) is 0 Å². The number of nitrogens with two attached hydrogens (primary N) is 1. The number of rotatable bonds is 2. The number of halogens is 1. The Kier molecular flexibility index (Phi) is 2.45. The van der Waals surface area contributed by atoms with Crippen LogP contribution in [-0.2, 0) is 6.42 Å². The lowest BCUT2D eigenvalue weighted by atomic mass is 10.2. The summed E-state index contributed by atoms with van der Waals surface area (Å²) < 4.78 is 0.836. The largest absolute Gasteiger partial charge is 0.328 e. The minimum atomic E-state index is 0.187. The van der Waals surface area contributed by atoms with Crippen LogP contribution in [0.5, 0.6) is 0 Å². The van der Waals surface area contributed by atoms with Crippen LogP contribution < -0.4 is 5.73 Å². The zero-order chi connectivity index (χ0) is 7.56. The van der Waals surface area contributed by atoms with Crippen molar-refractivity contribution in [2.75, 3.05) is 0 Å². The van der Waals surface area contributed by atoms with Gasteiger partial charge in [0.2, 0.25) is 0 Å². The van der Waals surface area contributed by atoms with Crippen molar-refractivity contribution >= 4 is 15.9 Å². The van der Waals surface area contributed by atoms with Gasteiger partial charge in [-0.1, -0.05) is 0 Å². The highest BCUT2D eigenvalue weighted by Gasteiger charge is 1.99. The second kappa shape index (κ2) is 3.16. The molecule has 3 N–H and O–H groups in total. The third-order valence-electron chi connectivity index (χ3n) is 1.14. The standard InChI is InChI=1S/C6H10BrN3/c1-4(8)2-5-3-6(7)10-9-5/h3-4H,2,8H2,1H3,(H,9,10). The van der Waals surface area contributed by atoms with Gasteiger partial charge in [-0.3, -0.25) is 5.10 Å². The Morgan fingerprint density at radius 3 is 3.00 bits per heavy atom. The van der Waals surface area contributed by atoms with Crippen molar-refractivity contribution in [1.82, 2.24) is 10.2 Å². The predicted octanol–water partition coefficient (Wildman–Crippen LogP) is 1.06. The Hall–Kier alpha value is -0.350. The minimum Gasteiger partial charge on any atom is -0.328 e. The van der Waals surface area contributed by atoms with E-state index in [2.05, 4.69) is 26.1 Å². The van der Waals surface area contributed by atoms with Gasteiger partial charge >= 0.3 is 0 Å². The molecular formula is C6H10BrN3. The average molecular weight is 204 g/mol. The van der Waals surface area contributed by atoms with E-state index >= 15 is 0 Å². The molecule has 1 heterocycles. The Morgan fingerprint density at radius 2 is 2.60 bits per heavy atom. The molecule has 0 amide bonds. The molecule has 0 aliphatic carbocycles. The highest BCUT2D eigenvalue weighted by molar-refractivity contribution is 9.10. The van der Waals surface area contributed by atoms with Crippen LogP contribution in [0.25, 0.3) is 0 Å². The Balaban J connectivity index is 2.58. The van der Waals surface area contributed by atoms with Gasteiger partial charge in [0.1, 0.15) is 4.60 Å². The molecule has 4 heteroatoms. The Morgan fingerprint density at radius 1 is 1.90 bits per heavy atom. The lowest BCUT2D eigenvalue weighted by molar-refractivity contribution is 0.719. The van der Waals surface area contributed by atoms with Crippen molar-refractivity contribution in [1.29, 1.82) is 0 Å². The van der Waals surface area contributed by atoms with Crippen LogP contribution in [0.15, 0.2) is 10.7 Å². The third-order valence-corrected chi connectivity index (χ3v) is 1.55. The van der Waals surface area contributed by atoms with E-state index in [1.54, 1.807) is 0 Å². The minimum absolute atomic E-state index is 0.187. The first-order chi connectivity index (χ1) is 4.68. The number of nitrogens with one attached hydrogen (secondary N) is 1. The molecule has 1 aromatic rings. The van der Waals surface area contributed by atoms with Gasteiger partial charge in [-0.25, -0.2) is 0 Å². The molecule has 0 bridgehead atoms. The molecular weight excluding hydrogens is 194 g/mol. The lowest BCUT2D eigenvalue weighted by Crippen LogP contribution is -2.17. The van der Waals surface area contributed by atoms with E-state index in [9.17, 15) is 0 Å². The summed E-state index contributed by atoms with van der Waals surface area (Å²) >= 11 is 3.24. The number of H-pyrrole nitrogens is 1. The summed E-state index contributed by atoms with van der Waals surface area (Å²) in [6, 6.07) is 2.12. The molecule has 0 aliphatic heterocycles. The number of nitrogens with zero attached hydrogens (tertiary/aromatic N) is 1. The highest BCUT2D eigenvalue weighted by atomic mass is 79.9. The molecule has 0 saturated carbocycles. The van der Waals surface area contributed by atoms with Crippen molar-refractivity contribution < 1.29 is 0 Å². The summed E-state index contributed by atoms with van der Waals surface area (Å²) in [6.07, 6.45) is 0.846. The summed E-state index contributed by atoms with van der Waals surface area (Å²) in [5.41, 5.74) is 6.64. The maximum absolute atomic E-state index is 5.57. The number of aromatic amines is 1. The second-order valence-electron chi connectivity index (χ2n) is 2.40. The first-order valence-corrected chi connectivity index (χ1v) is 3.93. The zero-order valence-electron chi connectivity index (χ0n) is 5.76. The van der Waals surface area contributed by atoms with Crippen molar-refractivity contribution in [2.45, 2.75) is 19.4 Å². The molecule has 1 unspecified atom stereocenters. The molecule has 0 spiro atoms. The lowest BCUT2D eigenvalue weighted by Gasteiger charge is -1.99. The van der Waals surface area contributed by atoms with Crippen LogP contribution in [-0.4, -0.2) is 16.2 Å². The SMILES string of the molecule is CC(N)Cc1cc(Br)n[nH]1. The molecule has 3 nitrogen and oxygen atoms in total. The van der Waals surface area contributed by atoms with Crippen molar-refractivity contribution in [3.8, 4) is 0 Å². The highest BCUT2D eigenvalue weighted by Crippen LogP contribution is 2.07. The van der Waals surface area contributed by atoms with Crippen LogP contribution in [0.1, 0.15) is 12.6 Å². The van der Waals surface area contributed by atoms with Gasteiger partial charge in [-0.05, 0) is 28.9 Å². The van der Waals surface area contributed by atoms with Crippen LogP contribution in [0.3, 0.4) is 0 Å². The predicted molar refractivity (Wildman–Crippen MR) is 43.6 cm³/mol. The molecule has 0 saturated heterocycles. The monoisotopic (exact) mass is 203 g/mol. The molecule has 1 aromatic heterocycles. The van der Waals surface area contributed by atoms with Crippen LogP contribution in [0.4, 0.5) is 0 Å². The topological polar surface area (TPSA) is 54.7 Å². The molecule has 10 heavy (non-hydrogen) atoms. The van der Waals surface area contributed by atoms with Crippen molar-refractivity contribution in [3.63, 3.8) is 0 Å². The molecule has 1 rings (SSSR count). The van der Waals surface area contributed by atoms with Gasteiger partial charge in [0.05, 0.1) is 0 Å². The van der Waals surface area contributed by atoms with Gasteiger partial charge in [0.15, 0.2) is 0 Å². The van der Waals surface area contributed by atoms with E-state index in [1.165, 1.54) is 0 Å². The van der Waals surface area contributed by atoms with E-state index < -0.39 is 0 Å². The fourth-order valence-corrected chi connectivity index (χ4v) is 1.15. The van der Waals surface area contributed by atoms with Gasteiger partial charge < -0.3 is 5.73 Å². The first kappa shape index (κ1) is 7.75. The molecule has 0 radical (unpaired) electrons. The Labute approximate surface area is 68.1 Å². The average Bonchev–Trinajstić information content (AvgIpc) is 2.13. The number of hydrogen-bond donors (Lipinski definition) is 2. The number of hydrogen-bond acceptors (Lipinski definition) is 2. The summed E-state index contributed by atoms with van der Waals surface area (Å²) in [7, 11) is 0. The van der Waals surface area contributed by atoms with E-state index in [0.717, 1.165) is 16.7 Å². The summed E-state index contributed by atoms with van der Waals surface area (Å²) in [5, 5.41) is 6.77. The fraction of sp³-hybridized carbons (Fsp3) is 0.500. The maximum Gasteiger partial charge on any atom is 0.128 e. The normalized spacial score (nSPS) is 13.5. The summed E-state index contributed by atoms with van der Waals surface area (Å²) in [4.78, 5) is 0. The van der Waals surface area contributed by atoms with Gasteiger partial charge in [-0.15, -0.1) is 0 Å². The van der Waals surface area contributed by atoms with Crippen molar-refractivity contribution in [3.05, 3.63) is 16.4 Å². The molecule has 0 aliphatic rings. The van der Waals surface area contributed by atoms with Crippen LogP contribution in [0, 0.1) is 0 Å². The third kappa shape index (κ3) is 2.11. The molecule has 56 valence electrons. The first-order valence-electron chi connectivity index (χ1n) is 3.14. The second-order valence-corrected chi connectivity index (χ2v) is 3.21. The Bertz CT molecular complexity index is 207. The van der Waals surface area contributed by atoms with Gasteiger partial charge in [0.25, 0.3) is 0 Å². The smallest absolute Gasteiger partial charge is 0.128 e.